The van der Waals surface area contributed by atoms with Crippen LogP contribution in [0.4, 0.5) is 10.8 Å². The highest BCUT2D eigenvalue weighted by Gasteiger charge is 2.18. The quantitative estimate of drug-likeness (QED) is 0.353. The highest BCUT2D eigenvalue weighted by molar-refractivity contribution is 7.98. The lowest BCUT2D eigenvalue weighted by molar-refractivity contribution is -0.115. The lowest BCUT2D eigenvalue weighted by atomic mass is 10.1. The predicted molar refractivity (Wildman–Crippen MR) is 124 cm³/mol. The number of hydrogen-bond acceptors (Lipinski definition) is 5. The molecule has 2 aromatic heterocycles. The predicted octanol–water partition coefficient (Wildman–Crippen LogP) is 5.92. The van der Waals surface area contributed by atoms with E-state index in [1.165, 1.54) is 22.5 Å². The van der Waals surface area contributed by atoms with E-state index >= 15 is 0 Å². The van der Waals surface area contributed by atoms with Crippen LogP contribution >= 0.6 is 23.1 Å². The van der Waals surface area contributed by atoms with E-state index in [9.17, 15) is 4.79 Å². The van der Waals surface area contributed by atoms with E-state index in [0.29, 0.717) is 10.9 Å². The first kappa shape index (κ1) is 20.4. The molecule has 0 saturated carbocycles. The summed E-state index contributed by atoms with van der Waals surface area (Å²) >= 11 is 3.11. The summed E-state index contributed by atoms with van der Waals surface area (Å²) in [4.78, 5) is 23.1. The molecule has 30 heavy (non-hydrogen) atoms. The minimum Gasteiger partial charge on any atom is -0.295 e. The monoisotopic (exact) mass is 434 g/mol. The fourth-order valence-electron chi connectivity index (χ4n) is 3.18. The van der Waals surface area contributed by atoms with E-state index < -0.39 is 0 Å². The fraction of sp³-hybridized carbons (Fsp3) is 0.174. The van der Waals surface area contributed by atoms with Crippen LogP contribution in [0.25, 0.3) is 5.69 Å². The minimum absolute atomic E-state index is 0.0554. The lowest BCUT2D eigenvalue weighted by Crippen LogP contribution is -2.22. The summed E-state index contributed by atoms with van der Waals surface area (Å²) < 4.78 is 2.12. The summed E-state index contributed by atoms with van der Waals surface area (Å²) in [5.74, 6) is 0.624. The number of carbonyl (C=O) groups excluding carboxylic acids is 1. The number of benzene rings is 2. The summed E-state index contributed by atoms with van der Waals surface area (Å²) in [6.07, 6.45) is 3.81. The van der Waals surface area contributed by atoms with Crippen molar-refractivity contribution < 1.29 is 4.79 Å². The van der Waals surface area contributed by atoms with Crippen molar-refractivity contribution in [3.05, 3.63) is 83.1 Å². The third-order valence-electron chi connectivity index (χ3n) is 4.85. The second kappa shape index (κ2) is 8.85. The van der Waals surface area contributed by atoms with Crippen molar-refractivity contribution in [3.63, 3.8) is 0 Å². The van der Waals surface area contributed by atoms with Gasteiger partial charge in [-0.05, 0) is 43.2 Å². The molecule has 0 radical (unpaired) electrons. The van der Waals surface area contributed by atoms with Crippen LogP contribution in [-0.4, -0.2) is 20.4 Å². The third-order valence-corrected chi connectivity index (χ3v) is 6.73. The molecule has 0 unspecified atom stereocenters. The number of aryl methyl sites for hydroxylation is 1. The van der Waals surface area contributed by atoms with Crippen molar-refractivity contribution in [2.24, 2.45) is 0 Å². The maximum Gasteiger partial charge on any atom is 0.230 e. The van der Waals surface area contributed by atoms with Crippen molar-refractivity contribution >= 4 is 39.8 Å². The number of nitrogens with zero attached hydrogens (tertiary/aromatic N) is 4. The highest BCUT2D eigenvalue weighted by atomic mass is 32.2. The normalized spacial score (nSPS) is 10.9. The standard InChI is InChI=1S/C23H22N4OS2/c1-16-8-7-11-21(17(16)2)26-13-12-24-22(26)29-14-19-15-30-23(25-19)27(18(3)28)20-9-5-4-6-10-20/h4-13,15H,14H2,1-3H3. The second-order valence-corrected chi connectivity index (χ2v) is 8.68. The molecule has 2 heterocycles. The van der Waals surface area contributed by atoms with Gasteiger partial charge in [-0.1, -0.05) is 42.1 Å². The van der Waals surface area contributed by atoms with Crippen molar-refractivity contribution in [1.82, 2.24) is 14.5 Å². The molecule has 4 rings (SSSR count). The van der Waals surface area contributed by atoms with E-state index in [2.05, 4.69) is 41.6 Å². The Labute approximate surface area is 184 Å². The zero-order valence-electron chi connectivity index (χ0n) is 17.1. The number of rotatable bonds is 6. The van der Waals surface area contributed by atoms with Crippen LogP contribution in [0.15, 0.2) is 71.5 Å². The van der Waals surface area contributed by atoms with Crippen LogP contribution in [-0.2, 0) is 10.5 Å². The van der Waals surface area contributed by atoms with Crippen molar-refractivity contribution in [2.45, 2.75) is 31.7 Å². The summed E-state index contributed by atoms with van der Waals surface area (Å²) in [7, 11) is 0. The Balaban J connectivity index is 1.53. The van der Waals surface area contributed by atoms with Crippen LogP contribution in [0.2, 0.25) is 0 Å². The Kier molecular flexibility index (Phi) is 6.01. The number of thioether (sulfide) groups is 1. The number of carbonyl (C=O) groups is 1. The summed E-state index contributed by atoms with van der Waals surface area (Å²) in [6.45, 7) is 5.81. The maximum atomic E-state index is 12.2. The Morgan fingerprint density at radius 2 is 1.93 bits per heavy atom. The van der Waals surface area contributed by atoms with E-state index in [-0.39, 0.29) is 5.91 Å². The molecular weight excluding hydrogens is 412 g/mol. The molecule has 0 aliphatic rings. The Bertz CT molecular complexity index is 1170. The number of amides is 1. The summed E-state index contributed by atoms with van der Waals surface area (Å²) in [5, 5.41) is 3.61. The van der Waals surface area contributed by atoms with Crippen LogP contribution in [0.5, 0.6) is 0 Å². The number of para-hydroxylation sites is 1. The molecule has 2 aromatic carbocycles. The number of imidazole rings is 1. The zero-order chi connectivity index (χ0) is 21.1. The van der Waals surface area contributed by atoms with Gasteiger partial charge in [0.1, 0.15) is 0 Å². The molecule has 0 spiro atoms. The highest BCUT2D eigenvalue weighted by Crippen LogP contribution is 2.31. The molecule has 0 N–H and O–H groups in total. The topological polar surface area (TPSA) is 51.0 Å². The van der Waals surface area contributed by atoms with Crippen LogP contribution in [0.3, 0.4) is 0 Å². The van der Waals surface area contributed by atoms with Gasteiger partial charge < -0.3 is 0 Å². The Morgan fingerprint density at radius 3 is 2.70 bits per heavy atom. The van der Waals surface area contributed by atoms with E-state index in [4.69, 9.17) is 4.98 Å². The average Bonchev–Trinajstić information content (AvgIpc) is 3.39. The number of aromatic nitrogens is 3. The fourth-order valence-corrected chi connectivity index (χ4v) is 5.04. The summed E-state index contributed by atoms with van der Waals surface area (Å²) in [5.41, 5.74) is 5.39. The van der Waals surface area contributed by atoms with Gasteiger partial charge in [-0.15, -0.1) is 11.3 Å². The number of thiazole rings is 1. The molecule has 7 heteroatoms. The van der Waals surface area contributed by atoms with Crippen molar-refractivity contribution in [1.29, 1.82) is 0 Å². The molecule has 0 saturated heterocycles. The molecule has 0 fully saturated rings. The Morgan fingerprint density at radius 1 is 1.13 bits per heavy atom. The first-order valence-electron chi connectivity index (χ1n) is 9.57. The van der Waals surface area contributed by atoms with E-state index in [0.717, 1.165) is 22.2 Å². The van der Waals surface area contributed by atoms with Gasteiger partial charge in [-0.25, -0.2) is 9.97 Å². The van der Waals surface area contributed by atoms with Gasteiger partial charge in [0.05, 0.1) is 17.1 Å². The second-order valence-electron chi connectivity index (χ2n) is 6.90. The molecule has 0 aliphatic carbocycles. The number of anilines is 2. The van der Waals surface area contributed by atoms with Crippen LogP contribution in [0, 0.1) is 13.8 Å². The minimum atomic E-state index is -0.0554. The lowest BCUT2D eigenvalue weighted by Gasteiger charge is -2.17. The van der Waals surface area contributed by atoms with E-state index in [1.54, 1.807) is 23.6 Å². The molecule has 5 nitrogen and oxygen atoms in total. The van der Waals surface area contributed by atoms with Gasteiger partial charge >= 0.3 is 0 Å². The summed E-state index contributed by atoms with van der Waals surface area (Å²) in [6, 6.07) is 15.9. The van der Waals surface area contributed by atoms with Gasteiger partial charge in [-0.3, -0.25) is 14.3 Å². The largest absolute Gasteiger partial charge is 0.295 e. The third kappa shape index (κ3) is 4.17. The van der Waals surface area contributed by atoms with Crippen molar-refractivity contribution in [3.8, 4) is 5.69 Å². The van der Waals surface area contributed by atoms with Crippen LogP contribution in [0.1, 0.15) is 23.7 Å². The molecule has 4 aromatic rings. The first-order valence-corrected chi connectivity index (χ1v) is 11.4. The molecule has 152 valence electrons. The molecule has 0 atom stereocenters. The van der Waals surface area contributed by atoms with Gasteiger partial charge in [0, 0.05) is 30.5 Å². The van der Waals surface area contributed by atoms with E-state index in [1.807, 2.05) is 48.1 Å². The van der Waals surface area contributed by atoms with Gasteiger partial charge in [0.2, 0.25) is 5.91 Å². The van der Waals surface area contributed by atoms with Crippen LogP contribution < -0.4 is 4.90 Å². The first-order chi connectivity index (χ1) is 14.5. The average molecular weight is 435 g/mol. The maximum absolute atomic E-state index is 12.2. The zero-order valence-corrected chi connectivity index (χ0v) is 18.7. The molecule has 1 amide bonds. The number of hydrogen-bond donors (Lipinski definition) is 0. The SMILES string of the molecule is CC(=O)N(c1ccccc1)c1nc(CSc2nccn2-c2cccc(C)c2C)cs1. The van der Waals surface area contributed by atoms with Gasteiger partial charge in [0.15, 0.2) is 10.3 Å². The molecule has 0 aliphatic heterocycles. The van der Waals surface area contributed by atoms with Gasteiger partial charge in [-0.2, -0.15) is 0 Å². The molecule has 0 bridgehead atoms. The van der Waals surface area contributed by atoms with Crippen molar-refractivity contribution in [2.75, 3.05) is 4.90 Å². The Hall–Kier alpha value is -2.90. The van der Waals surface area contributed by atoms with Gasteiger partial charge in [0.25, 0.3) is 0 Å². The smallest absolute Gasteiger partial charge is 0.230 e. The molecular formula is C23H22N4OS2.